The van der Waals surface area contributed by atoms with Gasteiger partial charge in [0.25, 0.3) is 11.8 Å². The number of rotatable bonds is 1. The summed E-state index contributed by atoms with van der Waals surface area (Å²) in [5.74, 6) is 0.305. The predicted octanol–water partition coefficient (Wildman–Crippen LogP) is 2.42. The highest BCUT2D eigenvalue weighted by Crippen LogP contribution is 2.37. The standard InChI is InChI=1S/C28H36N4O5/c1-20-6-8-22-23(18-20)37-17-5-14-30-27(36)28(10-3-4-13-29-25(22)34)11-15-32(16-12-28)26(35)21-7-9-24(33)31(2)19-21/h6-9,18-19H,3-5,10-17H2,1-2H3,(H,29,34)(H,30,36). The number of hydrogen-bond donors (Lipinski definition) is 2. The van der Waals surface area contributed by atoms with Crippen LogP contribution in [0.5, 0.6) is 5.75 Å². The fourth-order valence-corrected chi connectivity index (χ4v) is 5.10. The molecule has 0 saturated carbocycles. The molecule has 37 heavy (non-hydrogen) atoms. The Kier molecular flexibility index (Phi) is 8.31. The van der Waals surface area contributed by atoms with Gasteiger partial charge in [-0.05, 0) is 62.8 Å². The number of carbonyl (C=O) groups excluding carboxylic acids is 3. The van der Waals surface area contributed by atoms with Crippen LogP contribution in [-0.4, -0.2) is 60.0 Å². The highest BCUT2D eigenvalue weighted by Gasteiger charge is 2.41. The second-order valence-corrected chi connectivity index (χ2v) is 10.1. The van der Waals surface area contributed by atoms with Crippen LogP contribution in [0, 0.1) is 12.3 Å². The smallest absolute Gasteiger partial charge is 0.255 e. The number of nitrogens with one attached hydrogen (secondary N) is 2. The van der Waals surface area contributed by atoms with Crippen molar-refractivity contribution in [3.8, 4) is 5.75 Å². The van der Waals surface area contributed by atoms with Crippen LogP contribution in [0.15, 0.2) is 41.3 Å². The number of benzene rings is 1. The van der Waals surface area contributed by atoms with Crippen LogP contribution in [0.4, 0.5) is 0 Å². The van der Waals surface area contributed by atoms with Crippen molar-refractivity contribution in [2.75, 3.05) is 32.8 Å². The normalized spacial score (nSPS) is 19.0. The first-order valence-electron chi connectivity index (χ1n) is 13.0. The minimum Gasteiger partial charge on any atom is -0.493 e. The zero-order valence-electron chi connectivity index (χ0n) is 21.7. The summed E-state index contributed by atoms with van der Waals surface area (Å²) in [7, 11) is 1.62. The van der Waals surface area contributed by atoms with Gasteiger partial charge in [-0.2, -0.15) is 0 Å². The first-order valence-corrected chi connectivity index (χ1v) is 13.0. The van der Waals surface area contributed by atoms with E-state index in [4.69, 9.17) is 4.74 Å². The van der Waals surface area contributed by atoms with Gasteiger partial charge in [-0.1, -0.05) is 12.5 Å². The maximum Gasteiger partial charge on any atom is 0.255 e. The van der Waals surface area contributed by atoms with Crippen molar-refractivity contribution >= 4 is 17.7 Å². The third-order valence-corrected chi connectivity index (χ3v) is 7.44. The monoisotopic (exact) mass is 508 g/mol. The Balaban J connectivity index is 1.41. The Morgan fingerprint density at radius 1 is 0.946 bits per heavy atom. The van der Waals surface area contributed by atoms with Gasteiger partial charge < -0.3 is 24.8 Å². The molecule has 0 unspecified atom stereocenters. The Morgan fingerprint density at radius 3 is 2.46 bits per heavy atom. The van der Waals surface area contributed by atoms with E-state index < -0.39 is 5.41 Å². The topological polar surface area (TPSA) is 110 Å². The van der Waals surface area contributed by atoms with E-state index in [0.717, 1.165) is 18.4 Å². The summed E-state index contributed by atoms with van der Waals surface area (Å²) in [4.78, 5) is 52.6. The van der Waals surface area contributed by atoms with Gasteiger partial charge in [-0.25, -0.2) is 0 Å². The number of pyridine rings is 1. The minimum atomic E-state index is -0.550. The number of aromatic nitrogens is 1. The van der Waals surface area contributed by atoms with Gasteiger partial charge in [0.15, 0.2) is 0 Å². The molecule has 1 aromatic carbocycles. The van der Waals surface area contributed by atoms with Crippen molar-refractivity contribution in [1.82, 2.24) is 20.1 Å². The average Bonchev–Trinajstić information content (AvgIpc) is 2.89. The number of amides is 3. The first-order chi connectivity index (χ1) is 17.8. The zero-order valence-corrected chi connectivity index (χ0v) is 21.7. The molecule has 9 nitrogen and oxygen atoms in total. The van der Waals surface area contributed by atoms with Gasteiger partial charge in [0.05, 0.1) is 23.1 Å². The molecule has 1 saturated heterocycles. The lowest BCUT2D eigenvalue weighted by Crippen LogP contribution is -2.50. The fourth-order valence-electron chi connectivity index (χ4n) is 5.10. The molecule has 4 rings (SSSR count). The molecule has 2 aliphatic rings. The van der Waals surface area contributed by atoms with Gasteiger partial charge in [-0.3, -0.25) is 19.2 Å². The number of likely N-dealkylation sites (tertiary alicyclic amines) is 1. The van der Waals surface area contributed by atoms with Crippen molar-refractivity contribution in [3.05, 3.63) is 63.6 Å². The second kappa shape index (κ2) is 11.6. The molecule has 1 fully saturated rings. The van der Waals surface area contributed by atoms with Gasteiger partial charge >= 0.3 is 0 Å². The summed E-state index contributed by atoms with van der Waals surface area (Å²) in [5.41, 5.74) is 1.29. The Bertz CT molecular complexity index is 1210. The van der Waals surface area contributed by atoms with Crippen molar-refractivity contribution in [3.63, 3.8) is 0 Å². The average molecular weight is 509 g/mol. The van der Waals surface area contributed by atoms with Crippen molar-refractivity contribution in [1.29, 1.82) is 0 Å². The van der Waals surface area contributed by atoms with Crippen LogP contribution in [0.1, 0.15) is 64.8 Å². The van der Waals surface area contributed by atoms with Gasteiger partial charge in [-0.15, -0.1) is 0 Å². The first kappa shape index (κ1) is 26.4. The zero-order chi connectivity index (χ0) is 26.4. The molecule has 0 atom stereocenters. The van der Waals surface area contributed by atoms with Crippen LogP contribution in [-0.2, 0) is 11.8 Å². The van der Waals surface area contributed by atoms with E-state index in [1.807, 2.05) is 19.1 Å². The van der Waals surface area contributed by atoms with E-state index in [1.54, 1.807) is 30.3 Å². The molecular formula is C28H36N4O5. The minimum absolute atomic E-state index is 0.0249. The maximum absolute atomic E-state index is 13.4. The Morgan fingerprint density at radius 2 is 1.70 bits per heavy atom. The third-order valence-electron chi connectivity index (χ3n) is 7.44. The molecule has 2 aliphatic heterocycles. The van der Waals surface area contributed by atoms with Crippen molar-refractivity contribution in [2.24, 2.45) is 12.5 Å². The lowest BCUT2D eigenvalue weighted by Gasteiger charge is -2.41. The highest BCUT2D eigenvalue weighted by molar-refractivity contribution is 5.97. The van der Waals surface area contributed by atoms with E-state index in [9.17, 15) is 19.2 Å². The molecule has 2 aromatic rings. The van der Waals surface area contributed by atoms with E-state index in [2.05, 4.69) is 10.6 Å². The quantitative estimate of drug-likeness (QED) is 0.615. The second-order valence-electron chi connectivity index (χ2n) is 10.1. The summed E-state index contributed by atoms with van der Waals surface area (Å²) >= 11 is 0. The van der Waals surface area contributed by atoms with Gasteiger partial charge in [0.1, 0.15) is 5.75 Å². The summed E-state index contributed by atoms with van der Waals surface area (Å²) in [6, 6.07) is 8.51. The van der Waals surface area contributed by atoms with Crippen LogP contribution in [0.3, 0.4) is 0 Å². The number of hydrogen-bond acceptors (Lipinski definition) is 5. The molecule has 3 amide bonds. The molecule has 0 aliphatic carbocycles. The lowest BCUT2D eigenvalue weighted by atomic mass is 9.73. The molecular weight excluding hydrogens is 472 g/mol. The number of piperidine rings is 1. The van der Waals surface area contributed by atoms with Crippen molar-refractivity contribution < 1.29 is 19.1 Å². The number of carbonyl (C=O) groups is 3. The SMILES string of the molecule is Cc1ccc2c(c1)OCCCNC(=O)C1(CCCCNC2=O)CCN(C(=O)c2ccc(=O)n(C)c2)CC1. The maximum atomic E-state index is 13.4. The van der Waals surface area contributed by atoms with E-state index >= 15 is 0 Å². The highest BCUT2D eigenvalue weighted by atomic mass is 16.5. The Hall–Kier alpha value is -3.62. The molecule has 1 aromatic heterocycles. The van der Waals surface area contributed by atoms with E-state index in [0.29, 0.717) is 75.3 Å². The van der Waals surface area contributed by atoms with Crippen LogP contribution in [0.2, 0.25) is 0 Å². The van der Waals surface area contributed by atoms with E-state index in [-0.39, 0.29) is 23.3 Å². The number of fused-ring (bicyclic) bond motifs is 1. The summed E-state index contributed by atoms with van der Waals surface area (Å²) < 4.78 is 7.30. The van der Waals surface area contributed by atoms with Crippen LogP contribution < -0.4 is 20.9 Å². The summed E-state index contributed by atoms with van der Waals surface area (Å²) in [5, 5.41) is 6.09. The lowest BCUT2D eigenvalue weighted by molar-refractivity contribution is -0.134. The van der Waals surface area contributed by atoms with Gasteiger partial charge in [0, 0.05) is 45.5 Å². The van der Waals surface area contributed by atoms with Gasteiger partial charge in [0.2, 0.25) is 11.5 Å². The molecule has 0 bridgehead atoms. The predicted molar refractivity (Wildman–Crippen MR) is 140 cm³/mol. The molecule has 198 valence electrons. The molecule has 3 heterocycles. The number of ether oxygens (including phenoxy) is 1. The summed E-state index contributed by atoms with van der Waals surface area (Å²) in [6.07, 6.45) is 5.57. The Labute approximate surface area is 217 Å². The largest absolute Gasteiger partial charge is 0.493 e. The number of aryl methyl sites for hydroxylation is 2. The van der Waals surface area contributed by atoms with Crippen molar-refractivity contribution in [2.45, 2.75) is 45.4 Å². The number of nitrogens with zero attached hydrogens (tertiary/aromatic N) is 2. The van der Waals surface area contributed by atoms with E-state index in [1.165, 1.54) is 10.6 Å². The molecule has 1 spiro atoms. The van der Waals surface area contributed by atoms with Crippen LogP contribution in [0.25, 0.3) is 0 Å². The molecule has 2 N–H and O–H groups in total. The fraction of sp³-hybridized carbons (Fsp3) is 0.500. The molecule has 0 radical (unpaired) electrons. The third kappa shape index (κ3) is 6.21. The summed E-state index contributed by atoms with van der Waals surface area (Å²) in [6.45, 7) is 4.29. The molecule has 9 heteroatoms. The van der Waals surface area contributed by atoms with Crippen LogP contribution >= 0.6 is 0 Å².